The van der Waals surface area contributed by atoms with E-state index < -0.39 is 17.6 Å². The largest absolute Gasteiger partial charge is 0.331 e. The maximum Gasteiger partial charge on any atom is 0.331 e. The van der Waals surface area contributed by atoms with Crippen LogP contribution in [0.2, 0.25) is 0 Å². The van der Waals surface area contributed by atoms with Crippen LogP contribution in [0.3, 0.4) is 0 Å². The normalized spacial score (nSPS) is 11.1. The van der Waals surface area contributed by atoms with E-state index in [-0.39, 0.29) is 11.3 Å². The highest BCUT2D eigenvalue weighted by Gasteiger charge is 2.10. The molecule has 0 amide bonds. The summed E-state index contributed by atoms with van der Waals surface area (Å²) >= 11 is 0. The molecule has 0 aliphatic heterocycles. The number of ketones is 1. The van der Waals surface area contributed by atoms with Crippen molar-refractivity contribution in [2.24, 2.45) is 5.16 Å². The van der Waals surface area contributed by atoms with E-state index in [1.165, 1.54) is 38.1 Å². The summed E-state index contributed by atoms with van der Waals surface area (Å²) in [7, 11) is 0. The van der Waals surface area contributed by atoms with Crippen molar-refractivity contribution in [1.29, 1.82) is 0 Å². The first-order valence-corrected chi connectivity index (χ1v) is 4.53. The fraction of sp³-hybridized carbons (Fsp3) is 0.182. The first kappa shape index (κ1) is 12.0. The molecule has 0 aliphatic carbocycles. The molecular weight excluding hydrogens is 213 g/mol. The SMILES string of the molecule is CC(=O)ON=C(C)C(=O)c1ccc(F)cc1. The molecule has 1 aromatic rings. The number of hydrogen-bond acceptors (Lipinski definition) is 4. The minimum Gasteiger partial charge on any atom is -0.318 e. The molecule has 1 aromatic carbocycles. The van der Waals surface area contributed by atoms with Gasteiger partial charge in [-0.15, -0.1) is 0 Å². The fourth-order valence-electron chi connectivity index (χ4n) is 0.984. The first-order chi connectivity index (χ1) is 7.50. The van der Waals surface area contributed by atoms with Crippen LogP contribution in [0, 0.1) is 5.82 Å². The molecule has 0 bridgehead atoms. The minimum atomic E-state index is -0.605. The second-order valence-electron chi connectivity index (χ2n) is 3.10. The molecule has 0 N–H and O–H groups in total. The van der Waals surface area contributed by atoms with Crippen LogP contribution >= 0.6 is 0 Å². The standard InChI is InChI=1S/C11H10FNO3/c1-7(13-16-8(2)14)11(15)9-3-5-10(12)6-4-9/h3-6H,1-2H3. The lowest BCUT2D eigenvalue weighted by Gasteiger charge is -1.99. The van der Waals surface area contributed by atoms with Crippen LogP contribution in [-0.4, -0.2) is 17.5 Å². The molecule has 0 saturated heterocycles. The molecule has 4 nitrogen and oxygen atoms in total. The van der Waals surface area contributed by atoms with Crippen molar-refractivity contribution in [3.63, 3.8) is 0 Å². The maximum absolute atomic E-state index is 12.6. The lowest BCUT2D eigenvalue weighted by Crippen LogP contribution is -2.11. The number of hydrogen-bond donors (Lipinski definition) is 0. The number of Topliss-reactive ketones (excluding diaryl/α,β-unsaturated/α-hetero) is 1. The molecule has 1 rings (SSSR count). The van der Waals surface area contributed by atoms with E-state index in [4.69, 9.17) is 0 Å². The van der Waals surface area contributed by atoms with Gasteiger partial charge in [-0.3, -0.25) is 4.79 Å². The molecule has 0 saturated carbocycles. The summed E-state index contributed by atoms with van der Waals surface area (Å²) in [6.45, 7) is 2.59. The van der Waals surface area contributed by atoms with Crippen LogP contribution in [0.25, 0.3) is 0 Å². The van der Waals surface area contributed by atoms with Crippen LogP contribution in [0.5, 0.6) is 0 Å². The van der Waals surface area contributed by atoms with Gasteiger partial charge >= 0.3 is 5.97 Å². The summed E-state index contributed by atoms with van der Waals surface area (Å²) in [4.78, 5) is 26.4. The van der Waals surface area contributed by atoms with Gasteiger partial charge in [0.15, 0.2) is 0 Å². The summed E-state index contributed by atoms with van der Waals surface area (Å²) in [5.41, 5.74) is 0.316. The Labute approximate surface area is 91.7 Å². The third-order valence-corrected chi connectivity index (χ3v) is 1.75. The van der Waals surface area contributed by atoms with E-state index in [1.807, 2.05) is 0 Å². The summed E-state index contributed by atoms with van der Waals surface area (Å²) in [6.07, 6.45) is 0. The van der Waals surface area contributed by atoms with Gasteiger partial charge < -0.3 is 4.84 Å². The number of nitrogens with zero attached hydrogens (tertiary/aromatic N) is 1. The van der Waals surface area contributed by atoms with E-state index in [0.717, 1.165) is 0 Å². The van der Waals surface area contributed by atoms with Crippen molar-refractivity contribution in [3.8, 4) is 0 Å². The zero-order valence-corrected chi connectivity index (χ0v) is 8.86. The quantitative estimate of drug-likeness (QED) is 0.340. The van der Waals surface area contributed by atoms with Gasteiger partial charge in [0.25, 0.3) is 0 Å². The number of halogens is 1. The lowest BCUT2D eigenvalue weighted by atomic mass is 10.1. The highest BCUT2D eigenvalue weighted by atomic mass is 19.1. The highest BCUT2D eigenvalue weighted by molar-refractivity contribution is 6.45. The van der Waals surface area contributed by atoms with Gasteiger partial charge in [-0.25, -0.2) is 9.18 Å². The van der Waals surface area contributed by atoms with E-state index in [1.54, 1.807) is 0 Å². The van der Waals surface area contributed by atoms with Crippen molar-refractivity contribution >= 4 is 17.5 Å². The number of benzene rings is 1. The van der Waals surface area contributed by atoms with Crippen molar-refractivity contribution < 1.29 is 18.8 Å². The van der Waals surface area contributed by atoms with Crippen molar-refractivity contribution in [3.05, 3.63) is 35.6 Å². The van der Waals surface area contributed by atoms with Gasteiger partial charge in [-0.1, -0.05) is 5.16 Å². The second-order valence-corrected chi connectivity index (χ2v) is 3.10. The van der Waals surface area contributed by atoms with Gasteiger partial charge in [-0.05, 0) is 31.2 Å². The third kappa shape index (κ3) is 3.27. The number of carbonyl (C=O) groups excluding carboxylic acids is 2. The first-order valence-electron chi connectivity index (χ1n) is 4.53. The maximum atomic E-state index is 12.6. The monoisotopic (exact) mass is 223 g/mol. The molecule has 0 aromatic heterocycles. The molecule has 0 radical (unpaired) electrons. The average molecular weight is 223 g/mol. The zero-order chi connectivity index (χ0) is 12.1. The van der Waals surface area contributed by atoms with Gasteiger partial charge in [0.2, 0.25) is 5.78 Å². The Kier molecular flexibility index (Phi) is 3.88. The topological polar surface area (TPSA) is 55.7 Å². The van der Waals surface area contributed by atoms with Crippen LogP contribution in [-0.2, 0) is 9.63 Å². The Morgan fingerprint density at radius 2 is 1.75 bits per heavy atom. The predicted molar refractivity (Wildman–Crippen MR) is 55.6 cm³/mol. The second kappa shape index (κ2) is 5.16. The molecular formula is C11H10FNO3. The van der Waals surface area contributed by atoms with Crippen LogP contribution in [0.4, 0.5) is 4.39 Å². The van der Waals surface area contributed by atoms with Gasteiger partial charge in [-0.2, -0.15) is 0 Å². The van der Waals surface area contributed by atoms with Crippen molar-refractivity contribution in [2.75, 3.05) is 0 Å². The third-order valence-electron chi connectivity index (χ3n) is 1.75. The Morgan fingerprint density at radius 3 is 2.25 bits per heavy atom. The summed E-state index contributed by atoms with van der Waals surface area (Å²) in [5, 5.41) is 3.35. The molecule has 0 aliphatic rings. The number of oxime groups is 1. The predicted octanol–water partition coefficient (Wildman–Crippen LogP) is 1.95. The molecule has 84 valence electrons. The molecule has 16 heavy (non-hydrogen) atoms. The summed E-state index contributed by atoms with van der Waals surface area (Å²) < 4.78 is 12.6. The molecule has 0 heterocycles. The molecule has 0 unspecified atom stereocenters. The summed E-state index contributed by atoms with van der Waals surface area (Å²) in [5.74, 6) is -1.45. The Bertz CT molecular complexity index is 437. The van der Waals surface area contributed by atoms with E-state index in [9.17, 15) is 14.0 Å². The summed E-state index contributed by atoms with van der Waals surface area (Å²) in [6, 6.07) is 5.02. The molecule has 0 atom stereocenters. The van der Waals surface area contributed by atoms with Crippen LogP contribution in [0.15, 0.2) is 29.4 Å². The molecule has 0 fully saturated rings. The Morgan fingerprint density at radius 1 is 1.19 bits per heavy atom. The van der Waals surface area contributed by atoms with Crippen molar-refractivity contribution in [2.45, 2.75) is 13.8 Å². The van der Waals surface area contributed by atoms with Crippen molar-refractivity contribution in [1.82, 2.24) is 0 Å². The average Bonchev–Trinajstić information content (AvgIpc) is 2.26. The zero-order valence-electron chi connectivity index (χ0n) is 8.86. The molecule has 5 heteroatoms. The smallest absolute Gasteiger partial charge is 0.318 e. The number of rotatable bonds is 3. The van der Waals surface area contributed by atoms with Gasteiger partial charge in [0.05, 0.1) is 0 Å². The van der Waals surface area contributed by atoms with E-state index in [2.05, 4.69) is 9.99 Å². The van der Waals surface area contributed by atoms with Gasteiger partial charge in [0, 0.05) is 12.5 Å². The van der Waals surface area contributed by atoms with Crippen LogP contribution < -0.4 is 0 Å². The highest BCUT2D eigenvalue weighted by Crippen LogP contribution is 2.05. The van der Waals surface area contributed by atoms with E-state index >= 15 is 0 Å². The Balaban J connectivity index is 2.81. The minimum absolute atomic E-state index is 0.0295. The number of carbonyl (C=O) groups is 2. The fourth-order valence-corrected chi connectivity index (χ4v) is 0.984. The van der Waals surface area contributed by atoms with E-state index in [0.29, 0.717) is 0 Å². The lowest BCUT2D eigenvalue weighted by molar-refractivity contribution is -0.140. The van der Waals surface area contributed by atoms with Gasteiger partial charge in [0.1, 0.15) is 11.5 Å². The molecule has 0 spiro atoms. The Hall–Kier alpha value is -2.04. The van der Waals surface area contributed by atoms with Crippen LogP contribution in [0.1, 0.15) is 24.2 Å².